The molecule has 32 heavy (non-hydrogen) atoms. The Morgan fingerprint density at radius 3 is 2.38 bits per heavy atom. The lowest BCUT2D eigenvalue weighted by molar-refractivity contribution is -0.274. The molecule has 6 aliphatic rings. The summed E-state index contributed by atoms with van der Waals surface area (Å²) >= 11 is 0. The molecule has 1 spiro atoms. The molecule has 2 saturated heterocycles. The van der Waals surface area contributed by atoms with Crippen LogP contribution in [0.5, 0.6) is 0 Å². The monoisotopic (exact) mass is 448 g/mol. The van der Waals surface area contributed by atoms with Crippen molar-refractivity contribution in [3.8, 4) is 0 Å². The molecule has 182 valence electrons. The third kappa shape index (κ3) is 2.69. The first-order valence-electron chi connectivity index (χ1n) is 13.5. The van der Waals surface area contributed by atoms with Crippen molar-refractivity contribution in [2.45, 2.75) is 109 Å². The molecular weight excluding hydrogens is 404 g/mol. The van der Waals surface area contributed by atoms with Crippen LogP contribution in [0.1, 0.15) is 79.1 Å². The molecule has 3 N–H and O–H groups in total. The molecule has 2 aliphatic heterocycles. The van der Waals surface area contributed by atoms with E-state index < -0.39 is 18.3 Å². The molecule has 5 heteroatoms. The van der Waals surface area contributed by atoms with E-state index >= 15 is 0 Å². The molecule has 0 bridgehead atoms. The summed E-state index contributed by atoms with van der Waals surface area (Å²) in [5.74, 6) is 3.17. The van der Waals surface area contributed by atoms with Crippen LogP contribution >= 0.6 is 0 Å². The molecule has 0 amide bonds. The smallest absolute Gasteiger partial charge is 0.171 e. The minimum atomic E-state index is -1.01. The van der Waals surface area contributed by atoms with Gasteiger partial charge in [0, 0.05) is 17.8 Å². The second-order valence-corrected chi connectivity index (χ2v) is 13.3. The highest BCUT2D eigenvalue weighted by Gasteiger charge is 2.70. The number of aliphatic hydroxyl groups excluding tert-OH is 3. The summed E-state index contributed by atoms with van der Waals surface area (Å²) in [6, 6.07) is 0. The first-order chi connectivity index (χ1) is 15.1. The number of hydrogen-bond acceptors (Lipinski definition) is 5. The molecule has 6 rings (SSSR count). The SMILES string of the molecule is CC1CCC2(OC1)OC1CC3C4CC[C@@H]5CC(O)[C@@H](O)[C@@H](O)[C@]5(C)C4CC[C@]3(C)C1C2C. The van der Waals surface area contributed by atoms with Gasteiger partial charge in [0.1, 0.15) is 6.10 Å². The Kier molecular flexibility index (Phi) is 4.99. The summed E-state index contributed by atoms with van der Waals surface area (Å²) < 4.78 is 13.3. The maximum absolute atomic E-state index is 11.2. The second-order valence-electron chi connectivity index (χ2n) is 13.3. The van der Waals surface area contributed by atoms with Gasteiger partial charge in [0.25, 0.3) is 0 Å². The molecule has 0 aromatic heterocycles. The predicted molar refractivity (Wildman–Crippen MR) is 121 cm³/mol. The standard InChI is InChI=1S/C27H44O5/c1-14-7-10-27(31-13-14)15(2)22-21(32-27)12-19-17-6-5-16-11-20(28)23(29)24(30)26(16,4)18(17)8-9-25(19,22)3/h14-24,28-30H,5-13H2,1-4H3/t14?,15?,16-,17?,18?,19?,20?,21?,22?,23-,24-,25+,26+,27?/m1/s1. The zero-order chi connectivity index (χ0) is 22.6. The summed E-state index contributed by atoms with van der Waals surface area (Å²) in [4.78, 5) is 0. The molecular formula is C27H44O5. The zero-order valence-electron chi connectivity index (χ0n) is 20.4. The lowest BCUT2D eigenvalue weighted by Crippen LogP contribution is -2.64. The molecule has 4 aliphatic carbocycles. The lowest BCUT2D eigenvalue weighted by Gasteiger charge is -2.63. The molecule has 6 fully saturated rings. The number of rotatable bonds is 0. The normalized spacial score (nSPS) is 64.0. The van der Waals surface area contributed by atoms with Crippen molar-refractivity contribution < 1.29 is 24.8 Å². The van der Waals surface area contributed by atoms with Gasteiger partial charge in [-0.3, -0.25) is 0 Å². The van der Waals surface area contributed by atoms with E-state index in [2.05, 4.69) is 27.7 Å². The largest absolute Gasteiger partial charge is 0.390 e. The fraction of sp³-hybridized carbons (Fsp3) is 1.00. The van der Waals surface area contributed by atoms with Crippen molar-refractivity contribution in [1.29, 1.82) is 0 Å². The van der Waals surface area contributed by atoms with E-state index in [9.17, 15) is 15.3 Å². The van der Waals surface area contributed by atoms with Crippen molar-refractivity contribution in [3.05, 3.63) is 0 Å². The quantitative estimate of drug-likeness (QED) is 0.526. The Morgan fingerprint density at radius 2 is 1.66 bits per heavy atom. The van der Waals surface area contributed by atoms with E-state index in [0.717, 1.165) is 32.3 Å². The van der Waals surface area contributed by atoms with E-state index in [0.29, 0.717) is 54.0 Å². The van der Waals surface area contributed by atoms with Gasteiger partial charge in [-0.15, -0.1) is 0 Å². The van der Waals surface area contributed by atoms with Crippen LogP contribution in [0.25, 0.3) is 0 Å². The molecule has 4 saturated carbocycles. The van der Waals surface area contributed by atoms with Crippen LogP contribution in [0.3, 0.4) is 0 Å². The molecule has 5 nitrogen and oxygen atoms in total. The van der Waals surface area contributed by atoms with Gasteiger partial charge in [-0.25, -0.2) is 0 Å². The third-order valence-corrected chi connectivity index (χ3v) is 12.1. The van der Waals surface area contributed by atoms with E-state index in [1.54, 1.807) is 0 Å². The molecule has 0 aromatic rings. The molecule has 2 heterocycles. The maximum Gasteiger partial charge on any atom is 0.171 e. The van der Waals surface area contributed by atoms with Crippen molar-refractivity contribution >= 4 is 0 Å². The van der Waals surface area contributed by atoms with E-state index in [-0.39, 0.29) is 16.6 Å². The molecule has 0 aromatic carbocycles. The summed E-state index contributed by atoms with van der Waals surface area (Å²) in [6.45, 7) is 10.2. The summed E-state index contributed by atoms with van der Waals surface area (Å²) in [5, 5.41) is 32.1. The summed E-state index contributed by atoms with van der Waals surface area (Å²) in [7, 11) is 0. The Bertz CT molecular complexity index is 744. The molecule has 14 atom stereocenters. The van der Waals surface area contributed by atoms with Crippen LogP contribution in [0.2, 0.25) is 0 Å². The van der Waals surface area contributed by atoms with Crippen LogP contribution in [-0.4, -0.2) is 52.1 Å². The average Bonchev–Trinajstić information content (AvgIpc) is 3.21. The Hall–Kier alpha value is -0.200. The zero-order valence-corrected chi connectivity index (χ0v) is 20.4. The van der Waals surface area contributed by atoms with Gasteiger partial charge >= 0.3 is 0 Å². The fourth-order valence-electron chi connectivity index (χ4n) is 10.3. The minimum Gasteiger partial charge on any atom is -0.390 e. The van der Waals surface area contributed by atoms with Crippen LogP contribution in [0, 0.1) is 52.3 Å². The predicted octanol–water partition coefficient (Wildman–Crippen LogP) is 3.74. The highest BCUT2D eigenvalue weighted by molar-refractivity contribution is 5.17. The van der Waals surface area contributed by atoms with Gasteiger partial charge in [-0.2, -0.15) is 0 Å². The minimum absolute atomic E-state index is 0.266. The van der Waals surface area contributed by atoms with E-state index in [1.165, 1.54) is 19.3 Å². The van der Waals surface area contributed by atoms with E-state index in [1.807, 2.05) is 0 Å². The maximum atomic E-state index is 11.2. The van der Waals surface area contributed by atoms with Crippen molar-refractivity contribution in [2.75, 3.05) is 6.61 Å². The number of fused-ring (bicyclic) bond motifs is 7. The number of hydrogen-bond donors (Lipinski definition) is 3. The highest BCUT2D eigenvalue weighted by atomic mass is 16.7. The van der Waals surface area contributed by atoms with E-state index in [4.69, 9.17) is 9.47 Å². The van der Waals surface area contributed by atoms with Crippen molar-refractivity contribution in [2.24, 2.45) is 52.3 Å². The lowest BCUT2D eigenvalue weighted by atomic mass is 9.43. The topological polar surface area (TPSA) is 79.2 Å². The Labute approximate surface area is 193 Å². The van der Waals surface area contributed by atoms with Crippen molar-refractivity contribution in [1.82, 2.24) is 0 Å². The Balaban J connectivity index is 1.28. The van der Waals surface area contributed by atoms with Crippen LogP contribution < -0.4 is 0 Å². The number of ether oxygens (including phenoxy) is 2. The van der Waals surface area contributed by atoms with Gasteiger partial charge in [0.05, 0.1) is 24.9 Å². The van der Waals surface area contributed by atoms with Crippen LogP contribution in [0.4, 0.5) is 0 Å². The van der Waals surface area contributed by atoms with Gasteiger partial charge in [-0.1, -0.05) is 27.7 Å². The van der Waals surface area contributed by atoms with Gasteiger partial charge < -0.3 is 24.8 Å². The highest BCUT2D eigenvalue weighted by Crippen LogP contribution is 2.71. The first kappa shape index (κ1) is 22.3. The Morgan fingerprint density at radius 1 is 0.875 bits per heavy atom. The molecule has 9 unspecified atom stereocenters. The summed E-state index contributed by atoms with van der Waals surface area (Å²) in [6.07, 6.45) is 6.17. The van der Waals surface area contributed by atoms with Gasteiger partial charge in [0.2, 0.25) is 0 Å². The van der Waals surface area contributed by atoms with Gasteiger partial charge in [0.15, 0.2) is 5.79 Å². The van der Waals surface area contributed by atoms with Gasteiger partial charge in [-0.05, 0) is 85.9 Å². The first-order valence-corrected chi connectivity index (χ1v) is 13.5. The molecule has 0 radical (unpaired) electrons. The van der Waals surface area contributed by atoms with Crippen molar-refractivity contribution in [3.63, 3.8) is 0 Å². The van der Waals surface area contributed by atoms with Crippen LogP contribution in [-0.2, 0) is 9.47 Å². The third-order valence-electron chi connectivity index (χ3n) is 12.1. The van der Waals surface area contributed by atoms with Crippen LogP contribution in [0.15, 0.2) is 0 Å². The average molecular weight is 449 g/mol. The second kappa shape index (κ2) is 7.16. The fourth-order valence-corrected chi connectivity index (χ4v) is 10.3. The summed E-state index contributed by atoms with van der Waals surface area (Å²) in [5.41, 5.74) is -0.0287. The number of aliphatic hydroxyl groups is 3.